The van der Waals surface area contributed by atoms with Crippen LogP contribution in [0, 0.1) is 5.92 Å². The summed E-state index contributed by atoms with van der Waals surface area (Å²) in [5, 5.41) is 0. The third-order valence-electron chi connectivity index (χ3n) is 4.31. The summed E-state index contributed by atoms with van der Waals surface area (Å²) in [6, 6.07) is -0.0813. The maximum absolute atomic E-state index is 12.9. The Hall–Kier alpha value is 0.0800. The second-order valence-corrected chi connectivity index (χ2v) is 8.00. The van der Waals surface area contributed by atoms with Crippen molar-refractivity contribution in [2.45, 2.75) is 51.9 Å². The van der Waals surface area contributed by atoms with Crippen LogP contribution in [0.15, 0.2) is 0 Å². The van der Waals surface area contributed by atoms with Gasteiger partial charge in [0.1, 0.15) is 0 Å². The number of ether oxygens (including phenoxy) is 1. The van der Waals surface area contributed by atoms with Crippen molar-refractivity contribution in [3.8, 4) is 0 Å². The van der Waals surface area contributed by atoms with E-state index in [4.69, 9.17) is 10.5 Å². The summed E-state index contributed by atoms with van der Waals surface area (Å²) in [4.78, 5) is 0. The van der Waals surface area contributed by atoms with Gasteiger partial charge in [0, 0.05) is 32.2 Å². The van der Waals surface area contributed by atoms with Crippen molar-refractivity contribution >= 4 is 22.6 Å². The molecule has 2 saturated heterocycles. The van der Waals surface area contributed by atoms with E-state index < -0.39 is 10.2 Å². The van der Waals surface area contributed by atoms with Crippen LogP contribution in [-0.2, 0) is 14.9 Å². The standard InChI is InChI=1S/C13H27N3O3S.ClH/c1-10-5-4-6-16(13(10)7-14)20(17,18)15-8-11(2)19-12(3)9-15;/h10-13H,4-9,14H2,1-3H3;1H. The van der Waals surface area contributed by atoms with Gasteiger partial charge in [-0.1, -0.05) is 6.92 Å². The first-order valence-corrected chi connectivity index (χ1v) is 8.88. The molecule has 2 aliphatic rings. The quantitative estimate of drug-likeness (QED) is 0.824. The number of halogens is 1. The minimum Gasteiger partial charge on any atom is -0.373 e. The molecule has 4 unspecified atom stereocenters. The average Bonchev–Trinajstić information content (AvgIpc) is 2.37. The van der Waals surface area contributed by atoms with E-state index in [1.807, 2.05) is 13.8 Å². The number of morpholine rings is 1. The second-order valence-electron chi connectivity index (χ2n) is 6.12. The van der Waals surface area contributed by atoms with Gasteiger partial charge in [-0.15, -0.1) is 12.4 Å². The van der Waals surface area contributed by atoms with Crippen LogP contribution in [-0.4, -0.2) is 61.5 Å². The van der Waals surface area contributed by atoms with Crippen molar-refractivity contribution in [3.63, 3.8) is 0 Å². The fourth-order valence-corrected chi connectivity index (χ4v) is 5.40. The Kier molecular flexibility index (Phi) is 6.89. The molecule has 21 heavy (non-hydrogen) atoms. The molecular weight excluding hydrogens is 314 g/mol. The highest BCUT2D eigenvalue weighted by Crippen LogP contribution is 2.28. The van der Waals surface area contributed by atoms with E-state index >= 15 is 0 Å². The summed E-state index contributed by atoms with van der Waals surface area (Å²) in [6.45, 7) is 7.73. The SMILES string of the molecule is CC1CN(S(=O)(=O)N2CCCC(C)C2CN)CC(C)O1.Cl. The summed E-state index contributed by atoms with van der Waals surface area (Å²) >= 11 is 0. The van der Waals surface area contributed by atoms with Crippen molar-refractivity contribution in [3.05, 3.63) is 0 Å². The minimum absolute atomic E-state index is 0. The molecule has 2 heterocycles. The van der Waals surface area contributed by atoms with E-state index in [1.54, 1.807) is 8.61 Å². The van der Waals surface area contributed by atoms with Crippen molar-refractivity contribution in [2.24, 2.45) is 11.7 Å². The summed E-state index contributed by atoms with van der Waals surface area (Å²) in [5.74, 6) is 0.319. The Balaban J connectivity index is 0.00000220. The summed E-state index contributed by atoms with van der Waals surface area (Å²) in [6.07, 6.45) is 1.83. The summed E-state index contributed by atoms with van der Waals surface area (Å²) in [7, 11) is -3.44. The third-order valence-corrected chi connectivity index (χ3v) is 6.31. The minimum atomic E-state index is -3.44. The van der Waals surface area contributed by atoms with Crippen molar-refractivity contribution in [1.29, 1.82) is 0 Å². The van der Waals surface area contributed by atoms with Crippen LogP contribution in [0.1, 0.15) is 33.6 Å². The van der Waals surface area contributed by atoms with Gasteiger partial charge in [0.2, 0.25) is 0 Å². The van der Waals surface area contributed by atoms with Crippen molar-refractivity contribution in [2.75, 3.05) is 26.2 Å². The smallest absolute Gasteiger partial charge is 0.282 e. The van der Waals surface area contributed by atoms with Gasteiger partial charge < -0.3 is 10.5 Å². The Morgan fingerprint density at radius 3 is 2.29 bits per heavy atom. The molecule has 0 aliphatic carbocycles. The van der Waals surface area contributed by atoms with E-state index in [-0.39, 0.29) is 30.7 Å². The first-order valence-electron chi connectivity index (χ1n) is 7.48. The van der Waals surface area contributed by atoms with Crippen LogP contribution in [0.25, 0.3) is 0 Å². The molecule has 0 aromatic heterocycles. The number of piperidine rings is 1. The Labute approximate surface area is 134 Å². The van der Waals surface area contributed by atoms with Crippen LogP contribution in [0.5, 0.6) is 0 Å². The van der Waals surface area contributed by atoms with Gasteiger partial charge in [-0.05, 0) is 32.6 Å². The van der Waals surface area contributed by atoms with Crippen LogP contribution < -0.4 is 5.73 Å². The average molecular weight is 342 g/mol. The number of rotatable bonds is 3. The molecule has 0 aromatic rings. The molecule has 0 bridgehead atoms. The summed E-state index contributed by atoms with van der Waals surface area (Å²) in [5.41, 5.74) is 5.82. The maximum Gasteiger partial charge on any atom is 0.282 e. The van der Waals surface area contributed by atoms with Gasteiger partial charge in [-0.2, -0.15) is 17.0 Å². The third kappa shape index (κ3) is 4.09. The van der Waals surface area contributed by atoms with E-state index in [0.717, 1.165) is 12.8 Å². The Morgan fingerprint density at radius 1 is 1.19 bits per heavy atom. The molecule has 6 nitrogen and oxygen atoms in total. The fraction of sp³-hybridized carbons (Fsp3) is 1.00. The largest absolute Gasteiger partial charge is 0.373 e. The lowest BCUT2D eigenvalue weighted by atomic mass is 9.93. The zero-order chi connectivity index (χ0) is 14.9. The zero-order valence-corrected chi connectivity index (χ0v) is 14.7. The van der Waals surface area contributed by atoms with Crippen molar-refractivity contribution < 1.29 is 13.2 Å². The lowest BCUT2D eigenvalue weighted by Gasteiger charge is -2.43. The lowest BCUT2D eigenvalue weighted by Crippen LogP contribution is -2.59. The molecule has 8 heteroatoms. The Morgan fingerprint density at radius 2 is 1.76 bits per heavy atom. The van der Waals surface area contributed by atoms with Crippen molar-refractivity contribution in [1.82, 2.24) is 8.61 Å². The van der Waals surface area contributed by atoms with Crippen LogP contribution in [0.3, 0.4) is 0 Å². The Bertz CT molecular complexity index is 424. The number of nitrogens with zero attached hydrogens (tertiary/aromatic N) is 2. The van der Waals surface area contributed by atoms with Gasteiger partial charge in [-0.3, -0.25) is 0 Å². The first kappa shape index (κ1) is 19.1. The molecule has 2 rings (SSSR count). The summed E-state index contributed by atoms with van der Waals surface area (Å²) < 4.78 is 34.6. The molecule has 4 atom stereocenters. The second kappa shape index (κ2) is 7.57. The molecule has 2 fully saturated rings. The van der Waals surface area contributed by atoms with E-state index in [1.165, 1.54) is 0 Å². The number of hydrogen-bond donors (Lipinski definition) is 1. The normalized spacial score (nSPS) is 36.2. The molecule has 2 aliphatic heterocycles. The monoisotopic (exact) mass is 341 g/mol. The maximum atomic E-state index is 12.9. The van der Waals surface area contributed by atoms with E-state index in [2.05, 4.69) is 6.92 Å². The van der Waals surface area contributed by atoms with E-state index in [0.29, 0.717) is 32.1 Å². The molecule has 126 valence electrons. The van der Waals surface area contributed by atoms with Crippen LogP contribution >= 0.6 is 12.4 Å². The topological polar surface area (TPSA) is 75.9 Å². The molecule has 0 spiro atoms. The molecule has 0 aromatic carbocycles. The molecular formula is C13H28ClN3O3S. The molecule has 0 radical (unpaired) electrons. The van der Waals surface area contributed by atoms with Gasteiger partial charge in [-0.25, -0.2) is 0 Å². The molecule has 0 saturated carbocycles. The molecule has 0 amide bonds. The number of hydrogen-bond acceptors (Lipinski definition) is 4. The predicted octanol–water partition coefficient (Wildman–Crippen LogP) is 0.821. The zero-order valence-electron chi connectivity index (χ0n) is 13.1. The van der Waals surface area contributed by atoms with Gasteiger partial charge in [0.25, 0.3) is 10.2 Å². The lowest BCUT2D eigenvalue weighted by molar-refractivity contribution is -0.0462. The molecule has 2 N–H and O–H groups in total. The highest BCUT2D eigenvalue weighted by atomic mass is 35.5. The number of nitrogens with two attached hydrogens (primary N) is 1. The van der Waals surface area contributed by atoms with Gasteiger partial charge >= 0.3 is 0 Å². The van der Waals surface area contributed by atoms with Crippen LogP contribution in [0.4, 0.5) is 0 Å². The fourth-order valence-electron chi connectivity index (χ4n) is 3.31. The highest BCUT2D eigenvalue weighted by molar-refractivity contribution is 7.86. The van der Waals surface area contributed by atoms with Crippen LogP contribution in [0.2, 0.25) is 0 Å². The van der Waals surface area contributed by atoms with E-state index in [9.17, 15) is 8.42 Å². The highest BCUT2D eigenvalue weighted by Gasteiger charge is 2.41. The predicted molar refractivity (Wildman–Crippen MR) is 85.7 cm³/mol. The first-order chi connectivity index (χ1) is 9.36. The van der Waals surface area contributed by atoms with Gasteiger partial charge in [0.15, 0.2) is 0 Å². The van der Waals surface area contributed by atoms with Gasteiger partial charge in [0.05, 0.1) is 12.2 Å².